The number of aryl methyl sites for hydroxylation is 2. The third-order valence-corrected chi connectivity index (χ3v) is 3.61. The second-order valence-electron chi connectivity index (χ2n) is 5.29. The average Bonchev–Trinajstić information content (AvgIpc) is 2.56. The van der Waals surface area contributed by atoms with Crippen LogP contribution in [-0.2, 0) is 11.2 Å². The van der Waals surface area contributed by atoms with Crippen molar-refractivity contribution in [3.8, 4) is 5.75 Å². The van der Waals surface area contributed by atoms with Gasteiger partial charge in [0, 0.05) is 11.8 Å². The Labute approximate surface area is 138 Å². The molecule has 1 amide bonds. The Bertz CT molecular complexity index is 687. The lowest BCUT2D eigenvalue weighted by molar-refractivity contribution is -0.111. The Morgan fingerprint density at radius 1 is 1.13 bits per heavy atom. The molecule has 0 fully saturated rings. The summed E-state index contributed by atoms with van der Waals surface area (Å²) in [4.78, 5) is 12.2. The van der Waals surface area contributed by atoms with Crippen molar-refractivity contribution in [3.05, 3.63) is 65.2 Å². The molecule has 0 heterocycles. The molecule has 0 bridgehead atoms. The second-order valence-corrected chi connectivity index (χ2v) is 5.29. The zero-order chi connectivity index (χ0) is 16.7. The minimum absolute atomic E-state index is 0.122. The molecule has 3 nitrogen and oxygen atoms in total. The van der Waals surface area contributed by atoms with Crippen molar-refractivity contribution in [1.82, 2.24) is 0 Å². The van der Waals surface area contributed by atoms with Gasteiger partial charge in [0.05, 0.1) is 6.61 Å². The minimum Gasteiger partial charge on any atom is -0.494 e. The highest BCUT2D eigenvalue weighted by atomic mass is 16.5. The number of rotatable bonds is 6. The van der Waals surface area contributed by atoms with Gasteiger partial charge in [-0.3, -0.25) is 4.79 Å². The lowest BCUT2D eigenvalue weighted by atomic mass is 10.1. The van der Waals surface area contributed by atoms with Crippen molar-refractivity contribution in [2.75, 3.05) is 11.9 Å². The summed E-state index contributed by atoms with van der Waals surface area (Å²) in [5, 5.41) is 2.98. The van der Waals surface area contributed by atoms with Crippen LogP contribution >= 0.6 is 0 Å². The van der Waals surface area contributed by atoms with Gasteiger partial charge in [-0.2, -0.15) is 0 Å². The van der Waals surface area contributed by atoms with E-state index in [0.29, 0.717) is 6.61 Å². The van der Waals surface area contributed by atoms with Crippen LogP contribution in [0.15, 0.2) is 48.5 Å². The number of benzene rings is 2. The fourth-order valence-corrected chi connectivity index (χ4v) is 2.38. The molecule has 0 aliphatic heterocycles. The molecule has 0 saturated carbocycles. The predicted octanol–water partition coefficient (Wildman–Crippen LogP) is 4.61. The molecule has 0 spiro atoms. The van der Waals surface area contributed by atoms with Crippen molar-refractivity contribution < 1.29 is 9.53 Å². The second kappa shape index (κ2) is 8.18. The number of carbonyl (C=O) groups excluding carboxylic acids is 1. The molecule has 0 aliphatic rings. The topological polar surface area (TPSA) is 38.3 Å². The number of ether oxygens (including phenoxy) is 1. The highest BCUT2D eigenvalue weighted by Gasteiger charge is 2.06. The number of nitrogens with one attached hydrogen (secondary N) is 1. The molecule has 2 aromatic rings. The van der Waals surface area contributed by atoms with Crippen LogP contribution in [-0.4, -0.2) is 12.5 Å². The minimum atomic E-state index is -0.122. The summed E-state index contributed by atoms with van der Waals surface area (Å²) < 4.78 is 5.40. The molecule has 3 heteroatoms. The first kappa shape index (κ1) is 16.8. The highest BCUT2D eigenvalue weighted by molar-refractivity contribution is 6.02. The van der Waals surface area contributed by atoms with E-state index in [9.17, 15) is 4.79 Å². The first-order valence-electron chi connectivity index (χ1n) is 7.94. The number of para-hydroxylation sites is 1. The molecule has 0 aliphatic carbocycles. The summed E-state index contributed by atoms with van der Waals surface area (Å²) in [6, 6.07) is 13.7. The molecular weight excluding hydrogens is 286 g/mol. The number of anilines is 1. The molecule has 2 rings (SSSR count). The zero-order valence-electron chi connectivity index (χ0n) is 13.9. The molecule has 0 saturated heterocycles. The van der Waals surface area contributed by atoms with Gasteiger partial charge < -0.3 is 10.1 Å². The lowest BCUT2D eigenvalue weighted by Crippen LogP contribution is -2.11. The quantitative estimate of drug-likeness (QED) is 0.791. The predicted molar refractivity (Wildman–Crippen MR) is 95.8 cm³/mol. The van der Waals surface area contributed by atoms with Gasteiger partial charge in [-0.05, 0) is 55.2 Å². The molecule has 120 valence electrons. The van der Waals surface area contributed by atoms with Gasteiger partial charge in [0.15, 0.2) is 0 Å². The van der Waals surface area contributed by atoms with Crippen molar-refractivity contribution in [1.29, 1.82) is 0 Å². The standard InChI is InChI=1S/C20H23NO2/c1-4-17-8-6-7-15(3)20(17)21-19(22)14-11-16-9-12-18(13-10-16)23-5-2/h6-14H,4-5H2,1-3H3,(H,21,22). The van der Waals surface area contributed by atoms with Crippen molar-refractivity contribution in [2.24, 2.45) is 0 Å². The van der Waals surface area contributed by atoms with Gasteiger partial charge >= 0.3 is 0 Å². The van der Waals surface area contributed by atoms with Gasteiger partial charge in [0.25, 0.3) is 0 Å². The normalized spacial score (nSPS) is 10.7. The van der Waals surface area contributed by atoms with Gasteiger partial charge in [-0.15, -0.1) is 0 Å². The summed E-state index contributed by atoms with van der Waals surface area (Å²) in [5.74, 6) is 0.712. The van der Waals surface area contributed by atoms with Crippen molar-refractivity contribution in [3.63, 3.8) is 0 Å². The van der Waals surface area contributed by atoms with Crippen LogP contribution in [0.5, 0.6) is 5.75 Å². The van der Waals surface area contributed by atoms with Gasteiger partial charge in [-0.25, -0.2) is 0 Å². The SMILES string of the molecule is CCOc1ccc(C=CC(=O)Nc2c(C)cccc2CC)cc1. The zero-order valence-corrected chi connectivity index (χ0v) is 13.9. The lowest BCUT2D eigenvalue weighted by Gasteiger charge is -2.11. The van der Waals surface area contributed by atoms with E-state index in [1.807, 2.05) is 56.3 Å². The molecule has 0 aromatic heterocycles. The maximum atomic E-state index is 12.2. The van der Waals surface area contributed by atoms with E-state index in [2.05, 4.69) is 12.2 Å². The first-order chi connectivity index (χ1) is 11.1. The maximum absolute atomic E-state index is 12.2. The monoisotopic (exact) mass is 309 g/mol. The molecular formula is C20H23NO2. The summed E-state index contributed by atoms with van der Waals surface area (Å²) in [6.45, 7) is 6.69. The summed E-state index contributed by atoms with van der Waals surface area (Å²) in [6.07, 6.45) is 4.25. The van der Waals surface area contributed by atoms with Crippen molar-refractivity contribution in [2.45, 2.75) is 27.2 Å². The van der Waals surface area contributed by atoms with E-state index in [1.165, 1.54) is 0 Å². The van der Waals surface area contributed by atoms with E-state index in [0.717, 1.165) is 34.5 Å². The largest absolute Gasteiger partial charge is 0.494 e. The Kier molecular flexibility index (Phi) is 5.98. The van der Waals surface area contributed by atoms with Gasteiger partial charge in [-0.1, -0.05) is 37.3 Å². The smallest absolute Gasteiger partial charge is 0.248 e. The fourth-order valence-electron chi connectivity index (χ4n) is 2.38. The van der Waals surface area contributed by atoms with Crippen LogP contribution in [0.1, 0.15) is 30.5 Å². The van der Waals surface area contributed by atoms with Gasteiger partial charge in [0.1, 0.15) is 5.75 Å². The van der Waals surface area contributed by atoms with Crippen LogP contribution in [0.3, 0.4) is 0 Å². The molecule has 0 radical (unpaired) electrons. The summed E-state index contributed by atoms with van der Waals surface area (Å²) in [7, 11) is 0. The van der Waals surface area contributed by atoms with E-state index >= 15 is 0 Å². The Morgan fingerprint density at radius 3 is 2.52 bits per heavy atom. The third kappa shape index (κ3) is 4.71. The number of carbonyl (C=O) groups is 1. The Morgan fingerprint density at radius 2 is 1.87 bits per heavy atom. The van der Waals surface area contributed by atoms with E-state index in [1.54, 1.807) is 12.2 Å². The van der Waals surface area contributed by atoms with E-state index in [-0.39, 0.29) is 5.91 Å². The summed E-state index contributed by atoms with van der Waals surface area (Å²) in [5.41, 5.74) is 4.10. The molecule has 2 aromatic carbocycles. The van der Waals surface area contributed by atoms with E-state index in [4.69, 9.17) is 4.74 Å². The van der Waals surface area contributed by atoms with E-state index < -0.39 is 0 Å². The van der Waals surface area contributed by atoms with Crippen LogP contribution in [0.2, 0.25) is 0 Å². The Balaban J connectivity index is 2.04. The van der Waals surface area contributed by atoms with Crippen LogP contribution in [0.4, 0.5) is 5.69 Å². The molecule has 23 heavy (non-hydrogen) atoms. The van der Waals surface area contributed by atoms with Crippen LogP contribution < -0.4 is 10.1 Å². The summed E-state index contributed by atoms with van der Waals surface area (Å²) >= 11 is 0. The third-order valence-electron chi connectivity index (χ3n) is 3.61. The maximum Gasteiger partial charge on any atom is 0.248 e. The molecule has 0 unspecified atom stereocenters. The average molecular weight is 309 g/mol. The first-order valence-corrected chi connectivity index (χ1v) is 7.94. The van der Waals surface area contributed by atoms with Gasteiger partial charge in [0.2, 0.25) is 5.91 Å². The number of hydrogen-bond donors (Lipinski definition) is 1. The highest BCUT2D eigenvalue weighted by Crippen LogP contribution is 2.21. The molecule has 1 N–H and O–H groups in total. The fraction of sp³-hybridized carbons (Fsp3) is 0.250. The Hall–Kier alpha value is -2.55. The van der Waals surface area contributed by atoms with Crippen LogP contribution in [0.25, 0.3) is 6.08 Å². The van der Waals surface area contributed by atoms with Crippen molar-refractivity contribution >= 4 is 17.7 Å². The molecule has 0 atom stereocenters. The number of amides is 1. The van der Waals surface area contributed by atoms with Crippen LogP contribution in [0, 0.1) is 6.92 Å². The number of hydrogen-bond acceptors (Lipinski definition) is 2.